The average molecular weight is 220 g/mol. The molecule has 1 aliphatic rings. The Kier molecular flexibility index (Phi) is 3.59. The van der Waals surface area contributed by atoms with Gasteiger partial charge in [-0.25, -0.2) is 0 Å². The van der Waals surface area contributed by atoms with Crippen LogP contribution in [0, 0.1) is 0 Å². The van der Waals surface area contributed by atoms with Gasteiger partial charge in [0.1, 0.15) is 0 Å². The number of hydrogen-bond acceptors (Lipinski definition) is 3. The maximum atomic E-state index is 5.24. The molecule has 3 nitrogen and oxygen atoms in total. The summed E-state index contributed by atoms with van der Waals surface area (Å²) < 4.78 is 5.24. The lowest BCUT2D eigenvalue weighted by atomic mass is 9.77. The summed E-state index contributed by atoms with van der Waals surface area (Å²) in [6, 6.07) is 10.7. The quantitative estimate of drug-likeness (QED) is 0.809. The van der Waals surface area contributed by atoms with Crippen molar-refractivity contribution in [2.75, 3.05) is 20.2 Å². The molecule has 0 unspecified atom stereocenters. The normalized spacial score (nSPS) is 30.2. The fraction of sp³-hybridized carbons (Fsp3) is 0.538. The van der Waals surface area contributed by atoms with E-state index in [0.717, 1.165) is 19.5 Å². The Bertz CT molecular complexity index is 318. The summed E-state index contributed by atoms with van der Waals surface area (Å²) in [4.78, 5) is 0. The molecule has 0 amide bonds. The van der Waals surface area contributed by atoms with Crippen molar-refractivity contribution in [2.45, 2.75) is 25.1 Å². The summed E-state index contributed by atoms with van der Waals surface area (Å²) in [6.07, 6.45) is 1.11. The first kappa shape index (κ1) is 11.6. The van der Waals surface area contributed by atoms with Crippen LogP contribution in [-0.2, 0) is 10.2 Å². The summed E-state index contributed by atoms with van der Waals surface area (Å²) >= 11 is 0. The Morgan fingerprint density at radius 1 is 1.25 bits per heavy atom. The van der Waals surface area contributed by atoms with E-state index in [2.05, 4.69) is 47.9 Å². The Hall–Kier alpha value is -0.900. The number of ether oxygens (including phenoxy) is 1. The van der Waals surface area contributed by atoms with Crippen molar-refractivity contribution >= 4 is 0 Å². The minimum Gasteiger partial charge on any atom is -0.353 e. The molecule has 16 heavy (non-hydrogen) atoms. The van der Waals surface area contributed by atoms with Gasteiger partial charge in [-0.1, -0.05) is 37.3 Å². The molecule has 1 aromatic rings. The lowest BCUT2D eigenvalue weighted by molar-refractivity contribution is 0.0143. The predicted octanol–water partition coefficient (Wildman–Crippen LogP) is 1.46. The SMILES string of the molecule is CCC1(c2ccccc2)CNC(OC)NC1. The molecule has 2 N–H and O–H groups in total. The summed E-state index contributed by atoms with van der Waals surface area (Å²) in [5, 5.41) is 6.75. The summed E-state index contributed by atoms with van der Waals surface area (Å²) in [6.45, 7) is 4.15. The monoisotopic (exact) mass is 220 g/mol. The van der Waals surface area contributed by atoms with Gasteiger partial charge in [0.2, 0.25) is 0 Å². The lowest BCUT2D eigenvalue weighted by Gasteiger charge is -2.41. The van der Waals surface area contributed by atoms with Crippen molar-refractivity contribution < 1.29 is 4.74 Å². The minimum atomic E-state index is -0.0108. The zero-order valence-electron chi connectivity index (χ0n) is 9.99. The van der Waals surface area contributed by atoms with Crippen LogP contribution in [-0.4, -0.2) is 26.6 Å². The lowest BCUT2D eigenvalue weighted by Crippen LogP contribution is -2.60. The third kappa shape index (κ3) is 2.12. The second-order valence-corrected chi connectivity index (χ2v) is 4.38. The first-order valence-corrected chi connectivity index (χ1v) is 5.86. The number of benzene rings is 1. The number of rotatable bonds is 3. The first-order chi connectivity index (χ1) is 7.80. The maximum Gasteiger partial charge on any atom is 0.163 e. The van der Waals surface area contributed by atoms with E-state index in [1.54, 1.807) is 7.11 Å². The highest BCUT2D eigenvalue weighted by Crippen LogP contribution is 2.28. The van der Waals surface area contributed by atoms with Crippen molar-refractivity contribution in [3.05, 3.63) is 35.9 Å². The van der Waals surface area contributed by atoms with Gasteiger partial charge in [-0.3, -0.25) is 10.6 Å². The third-order valence-corrected chi connectivity index (χ3v) is 3.55. The van der Waals surface area contributed by atoms with E-state index < -0.39 is 0 Å². The van der Waals surface area contributed by atoms with Crippen molar-refractivity contribution in [1.82, 2.24) is 10.6 Å². The predicted molar refractivity (Wildman–Crippen MR) is 65.2 cm³/mol. The molecular formula is C13H20N2O. The van der Waals surface area contributed by atoms with E-state index in [9.17, 15) is 0 Å². The minimum absolute atomic E-state index is 0.0108. The molecule has 1 fully saturated rings. The topological polar surface area (TPSA) is 33.3 Å². The molecule has 1 heterocycles. The molecule has 1 aromatic carbocycles. The van der Waals surface area contributed by atoms with Gasteiger partial charge in [0.05, 0.1) is 0 Å². The standard InChI is InChI=1S/C13H20N2O/c1-3-13(11-7-5-4-6-8-11)9-14-12(16-2)15-10-13/h4-8,12,14-15H,3,9-10H2,1-2H3. The van der Waals surface area contributed by atoms with Crippen LogP contribution in [0.4, 0.5) is 0 Å². The average Bonchev–Trinajstić information content (AvgIpc) is 2.40. The second kappa shape index (κ2) is 4.95. The molecule has 0 aliphatic carbocycles. The first-order valence-electron chi connectivity index (χ1n) is 5.86. The highest BCUT2D eigenvalue weighted by molar-refractivity contribution is 5.27. The van der Waals surface area contributed by atoms with Gasteiger partial charge in [0, 0.05) is 25.6 Å². The smallest absolute Gasteiger partial charge is 0.163 e. The Labute approximate surface area is 97.2 Å². The highest BCUT2D eigenvalue weighted by atomic mass is 16.5. The molecule has 1 aliphatic heterocycles. The maximum absolute atomic E-state index is 5.24. The van der Waals surface area contributed by atoms with Crippen LogP contribution in [0.2, 0.25) is 0 Å². The fourth-order valence-electron chi connectivity index (χ4n) is 2.33. The second-order valence-electron chi connectivity index (χ2n) is 4.38. The van der Waals surface area contributed by atoms with Crippen molar-refractivity contribution in [3.8, 4) is 0 Å². The molecule has 1 saturated heterocycles. The van der Waals surface area contributed by atoms with E-state index in [0.29, 0.717) is 0 Å². The fourth-order valence-corrected chi connectivity index (χ4v) is 2.33. The molecule has 0 saturated carbocycles. The van der Waals surface area contributed by atoms with Gasteiger partial charge >= 0.3 is 0 Å². The zero-order chi connectivity index (χ0) is 11.4. The molecule has 0 atom stereocenters. The van der Waals surface area contributed by atoms with Gasteiger partial charge in [0.25, 0.3) is 0 Å². The number of methoxy groups -OCH3 is 1. The Balaban J connectivity index is 2.16. The van der Waals surface area contributed by atoms with Crippen molar-refractivity contribution in [3.63, 3.8) is 0 Å². The summed E-state index contributed by atoms with van der Waals surface area (Å²) in [7, 11) is 1.71. The largest absolute Gasteiger partial charge is 0.353 e. The highest BCUT2D eigenvalue weighted by Gasteiger charge is 2.34. The van der Waals surface area contributed by atoms with E-state index in [1.165, 1.54) is 5.56 Å². The molecule has 88 valence electrons. The van der Waals surface area contributed by atoms with E-state index in [-0.39, 0.29) is 11.8 Å². The molecule has 0 bridgehead atoms. The summed E-state index contributed by atoms with van der Waals surface area (Å²) in [5.74, 6) is 0. The zero-order valence-corrected chi connectivity index (χ0v) is 9.99. The molecule has 3 heteroatoms. The van der Waals surface area contributed by atoms with Crippen LogP contribution < -0.4 is 10.6 Å². The molecule has 2 rings (SSSR count). The van der Waals surface area contributed by atoms with Crippen LogP contribution >= 0.6 is 0 Å². The molecular weight excluding hydrogens is 200 g/mol. The van der Waals surface area contributed by atoms with Crippen LogP contribution in [0.5, 0.6) is 0 Å². The van der Waals surface area contributed by atoms with E-state index >= 15 is 0 Å². The van der Waals surface area contributed by atoms with Gasteiger partial charge in [0.15, 0.2) is 6.35 Å². The third-order valence-electron chi connectivity index (χ3n) is 3.55. The van der Waals surface area contributed by atoms with Crippen LogP contribution in [0.1, 0.15) is 18.9 Å². The Morgan fingerprint density at radius 2 is 1.88 bits per heavy atom. The van der Waals surface area contributed by atoms with Crippen LogP contribution in [0.25, 0.3) is 0 Å². The summed E-state index contributed by atoms with van der Waals surface area (Å²) in [5.41, 5.74) is 1.59. The van der Waals surface area contributed by atoms with Gasteiger partial charge < -0.3 is 4.74 Å². The Morgan fingerprint density at radius 3 is 2.38 bits per heavy atom. The molecule has 0 aromatic heterocycles. The van der Waals surface area contributed by atoms with Crippen LogP contribution in [0.3, 0.4) is 0 Å². The van der Waals surface area contributed by atoms with Gasteiger partial charge in [-0.05, 0) is 12.0 Å². The molecule has 0 spiro atoms. The van der Waals surface area contributed by atoms with Gasteiger partial charge in [-0.15, -0.1) is 0 Å². The van der Waals surface area contributed by atoms with Crippen molar-refractivity contribution in [2.24, 2.45) is 0 Å². The number of hydrogen-bond donors (Lipinski definition) is 2. The van der Waals surface area contributed by atoms with Crippen molar-refractivity contribution in [1.29, 1.82) is 0 Å². The number of nitrogens with one attached hydrogen (secondary N) is 2. The van der Waals surface area contributed by atoms with Crippen LogP contribution in [0.15, 0.2) is 30.3 Å². The molecule has 0 radical (unpaired) electrons. The van der Waals surface area contributed by atoms with E-state index in [4.69, 9.17) is 4.74 Å². The van der Waals surface area contributed by atoms with Gasteiger partial charge in [-0.2, -0.15) is 0 Å². The van der Waals surface area contributed by atoms with E-state index in [1.807, 2.05) is 0 Å².